The summed E-state index contributed by atoms with van der Waals surface area (Å²) in [7, 11) is 0. The minimum absolute atomic E-state index is 0.137. The van der Waals surface area contributed by atoms with Crippen molar-refractivity contribution in [2.24, 2.45) is 0 Å². The molecule has 2 aliphatic heterocycles. The van der Waals surface area contributed by atoms with E-state index in [1.165, 1.54) is 13.8 Å². The van der Waals surface area contributed by atoms with Crippen LogP contribution in [0.3, 0.4) is 0 Å². The molecule has 3 aromatic rings. The number of carbonyl (C=O) groups is 2. The Hall–Kier alpha value is -3.54. The van der Waals surface area contributed by atoms with Crippen molar-refractivity contribution in [1.82, 2.24) is 19.9 Å². The Morgan fingerprint density at radius 1 is 0.667 bits per heavy atom. The number of fused-ring (bicyclic) bond motifs is 8. The number of carbonyl (C=O) groups excluding carboxylic acids is 2. The van der Waals surface area contributed by atoms with Crippen molar-refractivity contribution in [3.8, 4) is 0 Å². The lowest BCUT2D eigenvalue weighted by Crippen LogP contribution is -2.01. The molecule has 0 spiro atoms. The highest BCUT2D eigenvalue weighted by atomic mass is 16.1. The summed E-state index contributed by atoms with van der Waals surface area (Å²) < 4.78 is 0. The fourth-order valence-corrected chi connectivity index (χ4v) is 4.30. The Morgan fingerprint density at radius 2 is 1.07 bits per heavy atom. The van der Waals surface area contributed by atoms with Gasteiger partial charge < -0.3 is 9.97 Å². The summed E-state index contributed by atoms with van der Waals surface area (Å²) in [5.41, 5.74) is 7.93. The Labute approximate surface area is 173 Å². The van der Waals surface area contributed by atoms with E-state index in [-0.39, 0.29) is 11.6 Å². The number of H-pyrrole nitrogens is 2. The first kappa shape index (κ1) is 18.5. The van der Waals surface area contributed by atoms with Gasteiger partial charge in [0.25, 0.3) is 0 Å². The number of aryl methyl sites for hydroxylation is 4. The molecule has 30 heavy (non-hydrogen) atoms. The minimum atomic E-state index is -0.137. The van der Waals surface area contributed by atoms with Gasteiger partial charge >= 0.3 is 0 Å². The van der Waals surface area contributed by atoms with Gasteiger partial charge in [0.15, 0.2) is 11.6 Å². The number of ketones is 2. The van der Waals surface area contributed by atoms with Crippen LogP contribution in [0.4, 0.5) is 0 Å². The van der Waals surface area contributed by atoms with Crippen molar-refractivity contribution in [3.05, 3.63) is 70.3 Å². The van der Waals surface area contributed by atoms with E-state index >= 15 is 0 Å². The Kier molecular flexibility index (Phi) is 4.35. The van der Waals surface area contributed by atoms with E-state index in [1.54, 1.807) is 0 Å². The summed E-state index contributed by atoms with van der Waals surface area (Å²) in [5, 5.41) is 0. The third kappa shape index (κ3) is 3.34. The summed E-state index contributed by atoms with van der Waals surface area (Å²) in [6, 6.07) is 12.0. The van der Waals surface area contributed by atoms with Crippen molar-refractivity contribution in [3.63, 3.8) is 0 Å². The van der Waals surface area contributed by atoms with Gasteiger partial charge in [-0.25, -0.2) is 0 Å². The molecule has 5 heterocycles. The molecule has 0 atom stereocenters. The van der Waals surface area contributed by atoms with Crippen LogP contribution in [-0.2, 0) is 25.7 Å². The normalized spacial score (nSPS) is 13.4. The maximum Gasteiger partial charge on any atom is 0.162 e. The third-order valence-corrected chi connectivity index (χ3v) is 5.61. The molecular weight excluding hydrogens is 376 g/mol. The van der Waals surface area contributed by atoms with E-state index in [0.717, 1.165) is 59.5 Å². The second kappa shape index (κ2) is 7.06. The molecule has 5 rings (SSSR count). The van der Waals surface area contributed by atoms with Crippen molar-refractivity contribution in [2.45, 2.75) is 39.5 Å². The number of Topliss-reactive ketones (excluding diaryl/α,β-unsaturated/α-hetero) is 2. The van der Waals surface area contributed by atoms with E-state index in [0.29, 0.717) is 22.2 Å². The number of aromatic amines is 2. The molecule has 0 aliphatic carbocycles. The first-order chi connectivity index (χ1) is 14.5. The molecule has 6 heteroatoms. The fourth-order valence-electron chi connectivity index (χ4n) is 4.30. The zero-order valence-electron chi connectivity index (χ0n) is 17.0. The Balaban J connectivity index is 1.91. The monoisotopic (exact) mass is 398 g/mol. The zero-order chi connectivity index (χ0) is 20.8. The van der Waals surface area contributed by atoms with Crippen LogP contribution in [0.5, 0.6) is 0 Å². The highest BCUT2D eigenvalue weighted by molar-refractivity contribution is 6.16. The van der Waals surface area contributed by atoms with Crippen LogP contribution in [-0.4, -0.2) is 31.5 Å². The number of hydrogen-bond acceptors (Lipinski definition) is 4. The predicted octanol–water partition coefficient (Wildman–Crippen LogP) is 4.29. The summed E-state index contributed by atoms with van der Waals surface area (Å²) in [5.74, 6) is -0.274. The maximum absolute atomic E-state index is 12.5. The molecule has 0 amide bonds. The van der Waals surface area contributed by atoms with Gasteiger partial charge in [-0.05, 0) is 75.9 Å². The average molecular weight is 398 g/mol. The summed E-state index contributed by atoms with van der Waals surface area (Å²) in [6.45, 7) is 3.00. The van der Waals surface area contributed by atoms with Crippen LogP contribution >= 0.6 is 0 Å². The van der Waals surface area contributed by atoms with Crippen molar-refractivity contribution in [1.29, 1.82) is 0 Å². The van der Waals surface area contributed by atoms with E-state index < -0.39 is 0 Å². The lowest BCUT2D eigenvalue weighted by Gasteiger charge is -1.97. The molecule has 0 saturated heterocycles. The topological polar surface area (TPSA) is 91.5 Å². The molecule has 0 aromatic carbocycles. The standard InChI is InChI=1S/C24H22N4O2/c1-13(29)23-21-11-19-7-5-17(26-19)9-15-3-4-16(25-15)10-18-6-8-20(27-18)12-22(28-21)24(23)14(2)30/h3-4,9-12,25,28H,5-8H2,1-2H3. The van der Waals surface area contributed by atoms with E-state index in [9.17, 15) is 9.59 Å². The maximum atomic E-state index is 12.5. The Morgan fingerprint density at radius 3 is 1.47 bits per heavy atom. The molecule has 3 aromatic heterocycles. The van der Waals surface area contributed by atoms with Crippen LogP contribution in [0.15, 0.2) is 36.4 Å². The van der Waals surface area contributed by atoms with Gasteiger partial charge in [0, 0.05) is 33.8 Å². The number of nitrogens with one attached hydrogen (secondary N) is 2. The zero-order valence-corrected chi connectivity index (χ0v) is 17.0. The first-order valence-corrected chi connectivity index (χ1v) is 10.2. The summed E-state index contributed by atoms with van der Waals surface area (Å²) >= 11 is 0. The lowest BCUT2D eigenvalue weighted by atomic mass is 10.0. The first-order valence-electron chi connectivity index (χ1n) is 10.2. The van der Waals surface area contributed by atoms with Gasteiger partial charge in [-0.1, -0.05) is 0 Å². The molecule has 0 unspecified atom stereocenters. The summed E-state index contributed by atoms with van der Waals surface area (Å²) in [6.07, 6.45) is 3.26. The SMILES string of the molecule is CC(=O)c1c(C(C)=O)c2cc3nc(cc4ccc(cc5nc(cc1[nH]2)CC5)[nH]4)CC3. The molecule has 150 valence electrons. The van der Waals surface area contributed by atoms with Gasteiger partial charge in [-0.15, -0.1) is 0 Å². The number of rotatable bonds is 2. The van der Waals surface area contributed by atoms with E-state index in [1.807, 2.05) is 24.3 Å². The quantitative estimate of drug-likeness (QED) is 0.630. The van der Waals surface area contributed by atoms with Crippen LogP contribution < -0.4 is 0 Å². The van der Waals surface area contributed by atoms with Gasteiger partial charge in [0.2, 0.25) is 0 Å². The number of aromatic nitrogens is 4. The molecule has 0 fully saturated rings. The number of nitrogens with zero attached hydrogens (tertiary/aromatic N) is 2. The smallest absolute Gasteiger partial charge is 0.162 e. The van der Waals surface area contributed by atoms with Crippen LogP contribution in [0.1, 0.15) is 57.3 Å². The second-order valence-electron chi connectivity index (χ2n) is 7.95. The van der Waals surface area contributed by atoms with E-state index in [2.05, 4.69) is 22.1 Å². The van der Waals surface area contributed by atoms with Gasteiger partial charge in [0.1, 0.15) is 0 Å². The molecular formula is C24H22N4O2. The van der Waals surface area contributed by atoms with Crippen molar-refractivity contribution < 1.29 is 9.59 Å². The predicted molar refractivity (Wildman–Crippen MR) is 116 cm³/mol. The highest BCUT2D eigenvalue weighted by Crippen LogP contribution is 2.25. The molecule has 0 radical (unpaired) electrons. The summed E-state index contributed by atoms with van der Waals surface area (Å²) in [4.78, 5) is 41.1. The molecule has 6 nitrogen and oxygen atoms in total. The van der Waals surface area contributed by atoms with Crippen LogP contribution in [0.2, 0.25) is 0 Å². The largest absolute Gasteiger partial charge is 0.355 e. The fraction of sp³-hybridized carbons (Fsp3) is 0.250. The van der Waals surface area contributed by atoms with E-state index in [4.69, 9.17) is 9.97 Å². The molecule has 8 bridgehead atoms. The van der Waals surface area contributed by atoms with Gasteiger partial charge in [-0.3, -0.25) is 19.6 Å². The highest BCUT2D eigenvalue weighted by Gasteiger charge is 2.20. The third-order valence-electron chi connectivity index (χ3n) is 5.61. The molecule has 2 N–H and O–H groups in total. The van der Waals surface area contributed by atoms with Crippen molar-refractivity contribution in [2.75, 3.05) is 0 Å². The van der Waals surface area contributed by atoms with Crippen LogP contribution in [0, 0.1) is 0 Å². The van der Waals surface area contributed by atoms with Gasteiger partial charge in [-0.2, -0.15) is 0 Å². The van der Waals surface area contributed by atoms with Gasteiger partial charge in [0.05, 0.1) is 22.2 Å². The molecule has 0 saturated carbocycles. The minimum Gasteiger partial charge on any atom is -0.355 e. The average Bonchev–Trinajstić information content (AvgIpc) is 3.44. The number of hydrogen-bond donors (Lipinski definition) is 2. The lowest BCUT2D eigenvalue weighted by molar-refractivity contribution is 0.0983. The molecule has 2 aliphatic rings. The van der Waals surface area contributed by atoms with Crippen molar-refractivity contribution >= 4 is 33.6 Å². The van der Waals surface area contributed by atoms with Crippen LogP contribution in [0.25, 0.3) is 22.1 Å². The Bertz CT molecular complexity index is 1260. The second-order valence-corrected chi connectivity index (χ2v) is 7.95.